The summed E-state index contributed by atoms with van der Waals surface area (Å²) >= 11 is 0. The van der Waals surface area contributed by atoms with E-state index in [1.54, 1.807) is 13.8 Å². The minimum Gasteiger partial charge on any atom is -0.508 e. The van der Waals surface area contributed by atoms with Gasteiger partial charge in [0.25, 0.3) is 5.91 Å². The van der Waals surface area contributed by atoms with Crippen molar-refractivity contribution in [1.29, 1.82) is 0 Å². The molecule has 1 heterocycles. The molecule has 138 valence electrons. The second-order valence-electron chi connectivity index (χ2n) is 5.67. The predicted octanol–water partition coefficient (Wildman–Crippen LogP) is 1.97. The van der Waals surface area contributed by atoms with Crippen LogP contribution in [0.3, 0.4) is 0 Å². The summed E-state index contributed by atoms with van der Waals surface area (Å²) in [6, 6.07) is 3.54. The average molecular weight is 364 g/mol. The van der Waals surface area contributed by atoms with Crippen molar-refractivity contribution in [2.45, 2.75) is 26.7 Å². The van der Waals surface area contributed by atoms with Crippen molar-refractivity contribution in [1.82, 2.24) is 4.90 Å². The number of aliphatic imine (C=N–C) groups is 1. The van der Waals surface area contributed by atoms with Crippen molar-refractivity contribution in [3.63, 3.8) is 0 Å². The number of rotatable bonds is 7. The number of amidine groups is 1. The number of nitrogens with zero attached hydrogens (tertiary/aromatic N) is 2. The molecule has 26 heavy (non-hydrogen) atoms. The first kappa shape index (κ1) is 19.6. The van der Waals surface area contributed by atoms with E-state index in [2.05, 4.69) is 4.99 Å². The lowest BCUT2D eigenvalue weighted by Gasteiger charge is -2.15. The third-order valence-corrected chi connectivity index (χ3v) is 3.80. The molecule has 0 spiro atoms. The Morgan fingerprint density at radius 1 is 1.42 bits per heavy atom. The van der Waals surface area contributed by atoms with Crippen molar-refractivity contribution < 1.29 is 28.1 Å². The van der Waals surface area contributed by atoms with Gasteiger partial charge in [-0.15, -0.1) is 0 Å². The van der Waals surface area contributed by atoms with E-state index in [1.807, 2.05) is 0 Å². The third kappa shape index (κ3) is 4.68. The minimum absolute atomic E-state index is 0.0335. The Morgan fingerprint density at radius 2 is 2.15 bits per heavy atom. The second-order valence-corrected chi connectivity index (χ2v) is 5.67. The number of carbonyl (C=O) groups is 2. The molecule has 0 radical (unpaired) electrons. The van der Waals surface area contributed by atoms with E-state index in [1.165, 1.54) is 23.1 Å². The van der Waals surface area contributed by atoms with Crippen LogP contribution in [0.25, 0.3) is 6.08 Å². The zero-order chi connectivity index (χ0) is 19.3. The lowest BCUT2D eigenvalue weighted by molar-refractivity contribution is -0.143. The standard InChI is InChI=1S/C17H19BF2N2O4/c1-3-26-16(24)5-4-8-22-11(2)21-15(17(22)25)9-12-6-7-13(23)10-14(12)18(19)20/h6-7,9-10,23H,3-5,8H2,1-2H3/b15-9-. The number of esters is 1. The van der Waals surface area contributed by atoms with Gasteiger partial charge in [0.15, 0.2) is 0 Å². The number of hydrogen-bond acceptors (Lipinski definition) is 5. The third-order valence-electron chi connectivity index (χ3n) is 3.80. The van der Waals surface area contributed by atoms with Crippen molar-refractivity contribution in [2.75, 3.05) is 13.2 Å². The van der Waals surface area contributed by atoms with E-state index in [0.717, 1.165) is 6.07 Å². The first-order chi connectivity index (χ1) is 12.3. The number of benzene rings is 1. The first-order valence-corrected chi connectivity index (χ1v) is 8.19. The van der Waals surface area contributed by atoms with E-state index in [-0.39, 0.29) is 41.4 Å². The average Bonchev–Trinajstić information content (AvgIpc) is 2.84. The van der Waals surface area contributed by atoms with Crippen LogP contribution in [0.15, 0.2) is 28.9 Å². The fourth-order valence-corrected chi connectivity index (χ4v) is 2.57. The molecule has 1 aliphatic rings. The fraction of sp³-hybridized carbons (Fsp3) is 0.353. The molecule has 1 aromatic rings. The minimum atomic E-state index is -2.80. The Morgan fingerprint density at radius 3 is 2.81 bits per heavy atom. The quantitative estimate of drug-likeness (QED) is 0.456. The Bertz CT molecular complexity index is 765. The van der Waals surface area contributed by atoms with Gasteiger partial charge in [-0.25, -0.2) is 4.99 Å². The van der Waals surface area contributed by atoms with Crippen molar-refractivity contribution in [3.05, 3.63) is 29.5 Å². The van der Waals surface area contributed by atoms with Crippen molar-refractivity contribution >= 4 is 36.5 Å². The van der Waals surface area contributed by atoms with Crippen LogP contribution in [0, 0.1) is 0 Å². The Kier molecular flexibility index (Phi) is 6.49. The van der Waals surface area contributed by atoms with Gasteiger partial charge in [-0.05, 0) is 44.0 Å². The maximum atomic E-state index is 13.1. The molecule has 0 aromatic heterocycles. The van der Waals surface area contributed by atoms with Gasteiger partial charge >= 0.3 is 13.2 Å². The van der Waals surface area contributed by atoms with Crippen LogP contribution in [0.1, 0.15) is 32.3 Å². The molecule has 0 fully saturated rings. The van der Waals surface area contributed by atoms with Crippen LogP contribution in [0.5, 0.6) is 5.75 Å². The largest absolute Gasteiger partial charge is 0.572 e. The van der Waals surface area contributed by atoms with Gasteiger partial charge in [-0.2, -0.15) is 0 Å². The van der Waals surface area contributed by atoms with Gasteiger partial charge in [0.05, 0.1) is 6.61 Å². The lowest BCUT2D eigenvalue weighted by atomic mass is 9.81. The molecule has 1 aliphatic heterocycles. The van der Waals surface area contributed by atoms with Crippen LogP contribution in [-0.4, -0.2) is 48.1 Å². The summed E-state index contributed by atoms with van der Waals surface area (Å²) < 4.78 is 31.1. The van der Waals surface area contributed by atoms with E-state index in [9.17, 15) is 23.3 Å². The fourth-order valence-electron chi connectivity index (χ4n) is 2.57. The molecule has 0 unspecified atom stereocenters. The topological polar surface area (TPSA) is 79.2 Å². The van der Waals surface area contributed by atoms with Crippen molar-refractivity contribution in [3.8, 4) is 5.75 Å². The summed E-state index contributed by atoms with van der Waals surface area (Å²) in [7, 11) is -2.80. The lowest BCUT2D eigenvalue weighted by Crippen LogP contribution is -2.32. The molecule has 1 aromatic carbocycles. The van der Waals surface area contributed by atoms with Gasteiger partial charge in [0, 0.05) is 18.4 Å². The number of phenols is 1. The summed E-state index contributed by atoms with van der Waals surface area (Å²) in [5.74, 6) is -0.599. The van der Waals surface area contributed by atoms with E-state index in [4.69, 9.17) is 4.74 Å². The normalized spacial score (nSPS) is 15.4. The van der Waals surface area contributed by atoms with Gasteiger partial charge < -0.3 is 9.84 Å². The van der Waals surface area contributed by atoms with Crippen LogP contribution in [0.4, 0.5) is 8.63 Å². The van der Waals surface area contributed by atoms with Gasteiger partial charge in [0.2, 0.25) is 0 Å². The highest BCUT2D eigenvalue weighted by molar-refractivity contribution is 6.61. The molecule has 0 atom stereocenters. The van der Waals surface area contributed by atoms with Crippen LogP contribution < -0.4 is 5.46 Å². The number of halogens is 2. The van der Waals surface area contributed by atoms with Gasteiger partial charge in [-0.3, -0.25) is 23.1 Å². The summed E-state index contributed by atoms with van der Waals surface area (Å²) in [6.45, 7) is 3.93. The summed E-state index contributed by atoms with van der Waals surface area (Å²) in [5, 5.41) is 9.37. The molecule has 2 rings (SSSR count). The second kappa shape index (κ2) is 8.60. The smallest absolute Gasteiger partial charge is 0.508 e. The predicted molar refractivity (Wildman–Crippen MR) is 94.4 cm³/mol. The first-order valence-electron chi connectivity index (χ1n) is 8.19. The number of aromatic hydroxyl groups is 1. The molecule has 1 N–H and O–H groups in total. The van der Waals surface area contributed by atoms with Gasteiger partial charge in [-0.1, -0.05) is 6.07 Å². The zero-order valence-corrected chi connectivity index (χ0v) is 14.5. The van der Waals surface area contributed by atoms with E-state index >= 15 is 0 Å². The summed E-state index contributed by atoms with van der Waals surface area (Å²) in [6.07, 6.45) is 1.86. The summed E-state index contributed by atoms with van der Waals surface area (Å²) in [4.78, 5) is 29.3. The molecule has 0 saturated heterocycles. The molecule has 1 amide bonds. The maximum absolute atomic E-state index is 13.1. The molecule has 6 nitrogen and oxygen atoms in total. The molecular weight excluding hydrogens is 345 g/mol. The number of hydrogen-bond donors (Lipinski definition) is 1. The summed E-state index contributed by atoms with van der Waals surface area (Å²) in [5.41, 5.74) is -0.226. The van der Waals surface area contributed by atoms with Crippen LogP contribution in [0.2, 0.25) is 0 Å². The maximum Gasteiger partial charge on any atom is 0.572 e. The van der Waals surface area contributed by atoms with Crippen molar-refractivity contribution in [2.24, 2.45) is 4.99 Å². The highest BCUT2D eigenvalue weighted by atomic mass is 19.2. The Labute approximate surface area is 150 Å². The van der Waals surface area contributed by atoms with E-state index < -0.39 is 13.2 Å². The highest BCUT2D eigenvalue weighted by Gasteiger charge is 2.28. The highest BCUT2D eigenvalue weighted by Crippen LogP contribution is 2.20. The molecule has 0 bridgehead atoms. The number of ether oxygens (including phenoxy) is 1. The number of phenolic OH excluding ortho intramolecular Hbond substituents is 1. The molecule has 9 heteroatoms. The molecule has 0 aliphatic carbocycles. The van der Waals surface area contributed by atoms with Gasteiger partial charge in [0.1, 0.15) is 17.3 Å². The van der Waals surface area contributed by atoms with Crippen LogP contribution >= 0.6 is 0 Å². The van der Waals surface area contributed by atoms with Crippen LogP contribution in [-0.2, 0) is 14.3 Å². The Balaban J connectivity index is 2.12. The zero-order valence-electron chi connectivity index (χ0n) is 14.5. The monoisotopic (exact) mass is 364 g/mol. The number of amides is 1. The molecular formula is C17H19BF2N2O4. The Hall–Kier alpha value is -2.71. The number of carbonyl (C=O) groups excluding carboxylic acids is 2. The van der Waals surface area contributed by atoms with E-state index in [0.29, 0.717) is 18.9 Å². The molecule has 0 saturated carbocycles. The SMILES string of the molecule is CCOC(=O)CCCN1C(=O)/C(=C/c2ccc(O)cc2B(F)F)N=C1C.